The molecule has 130 valence electrons. The molecule has 0 saturated carbocycles. The first-order chi connectivity index (χ1) is 12.3. The van der Waals surface area contributed by atoms with E-state index in [1.54, 1.807) is 6.08 Å². The third-order valence-corrected chi connectivity index (χ3v) is 4.69. The van der Waals surface area contributed by atoms with E-state index >= 15 is 0 Å². The van der Waals surface area contributed by atoms with Gasteiger partial charge in [-0.05, 0) is 55.0 Å². The lowest BCUT2D eigenvalue weighted by atomic mass is 9.89. The fraction of sp³-hybridized carbons (Fsp3) is 0.318. The zero-order valence-corrected chi connectivity index (χ0v) is 14.7. The third-order valence-electron chi connectivity index (χ3n) is 4.69. The van der Waals surface area contributed by atoms with Gasteiger partial charge >= 0.3 is 0 Å². The Hall–Kier alpha value is -2.55. The lowest BCUT2D eigenvalue weighted by Crippen LogP contribution is -2.36. The molecule has 1 amide bonds. The molecule has 1 aliphatic heterocycles. The lowest BCUT2D eigenvalue weighted by Gasteiger charge is -2.31. The second-order valence-corrected chi connectivity index (χ2v) is 6.35. The molecule has 3 heteroatoms. The molecule has 0 aromatic heterocycles. The minimum Gasteiger partial charge on any atom is -0.494 e. The highest BCUT2D eigenvalue weighted by molar-refractivity contribution is 5.91. The van der Waals surface area contributed by atoms with Crippen molar-refractivity contribution in [2.45, 2.75) is 25.7 Å². The highest BCUT2D eigenvalue weighted by atomic mass is 16.5. The first kappa shape index (κ1) is 17.3. The summed E-state index contributed by atoms with van der Waals surface area (Å²) >= 11 is 0. The fourth-order valence-corrected chi connectivity index (χ4v) is 3.27. The average Bonchev–Trinajstić information content (AvgIpc) is 2.68. The SMILES string of the molecule is CCOc1ccc(/C=C/C(=O)N2CCC(c3ccccc3)CC2)cc1. The van der Waals surface area contributed by atoms with Crippen molar-refractivity contribution in [2.75, 3.05) is 19.7 Å². The van der Waals surface area contributed by atoms with Gasteiger partial charge in [0, 0.05) is 19.2 Å². The van der Waals surface area contributed by atoms with Crippen LogP contribution in [-0.4, -0.2) is 30.5 Å². The van der Waals surface area contributed by atoms with E-state index < -0.39 is 0 Å². The molecule has 0 aliphatic carbocycles. The molecule has 0 bridgehead atoms. The third kappa shape index (κ3) is 4.72. The van der Waals surface area contributed by atoms with Gasteiger partial charge in [-0.1, -0.05) is 42.5 Å². The Kier molecular flexibility index (Phi) is 5.89. The molecule has 1 heterocycles. The molecule has 3 nitrogen and oxygen atoms in total. The van der Waals surface area contributed by atoms with Gasteiger partial charge in [0.15, 0.2) is 0 Å². The van der Waals surface area contributed by atoms with E-state index in [2.05, 4.69) is 24.3 Å². The van der Waals surface area contributed by atoms with Crippen molar-refractivity contribution in [2.24, 2.45) is 0 Å². The summed E-state index contributed by atoms with van der Waals surface area (Å²) in [4.78, 5) is 14.3. The molecule has 2 aromatic carbocycles. The van der Waals surface area contributed by atoms with Crippen LogP contribution in [0.15, 0.2) is 60.7 Å². The molecule has 0 radical (unpaired) electrons. The van der Waals surface area contributed by atoms with Gasteiger partial charge < -0.3 is 9.64 Å². The number of nitrogens with zero attached hydrogens (tertiary/aromatic N) is 1. The highest BCUT2D eigenvalue weighted by Gasteiger charge is 2.22. The van der Waals surface area contributed by atoms with Crippen molar-refractivity contribution < 1.29 is 9.53 Å². The quantitative estimate of drug-likeness (QED) is 0.753. The maximum absolute atomic E-state index is 12.4. The number of ether oxygens (including phenoxy) is 1. The summed E-state index contributed by atoms with van der Waals surface area (Å²) in [7, 11) is 0. The van der Waals surface area contributed by atoms with Crippen LogP contribution in [0.1, 0.15) is 36.8 Å². The summed E-state index contributed by atoms with van der Waals surface area (Å²) in [6, 6.07) is 18.4. The Labute approximate surface area is 149 Å². The summed E-state index contributed by atoms with van der Waals surface area (Å²) in [5, 5.41) is 0. The Morgan fingerprint density at radius 3 is 2.40 bits per heavy atom. The van der Waals surface area contributed by atoms with Gasteiger partial charge in [0.1, 0.15) is 5.75 Å². The predicted molar refractivity (Wildman–Crippen MR) is 102 cm³/mol. The monoisotopic (exact) mass is 335 g/mol. The fourth-order valence-electron chi connectivity index (χ4n) is 3.27. The minimum absolute atomic E-state index is 0.0976. The van der Waals surface area contributed by atoms with Crippen LogP contribution in [0.5, 0.6) is 5.75 Å². The van der Waals surface area contributed by atoms with Gasteiger partial charge in [-0.3, -0.25) is 4.79 Å². The maximum atomic E-state index is 12.4. The number of hydrogen-bond donors (Lipinski definition) is 0. The summed E-state index contributed by atoms with van der Waals surface area (Å²) in [5.41, 5.74) is 2.40. The molecule has 3 rings (SSSR count). The number of carbonyl (C=O) groups excluding carboxylic acids is 1. The second kappa shape index (κ2) is 8.52. The van der Waals surface area contributed by atoms with E-state index in [-0.39, 0.29) is 5.91 Å². The van der Waals surface area contributed by atoms with Crippen molar-refractivity contribution in [3.63, 3.8) is 0 Å². The van der Waals surface area contributed by atoms with E-state index in [1.807, 2.05) is 48.2 Å². The molecular formula is C22H25NO2. The number of piperidine rings is 1. The van der Waals surface area contributed by atoms with Gasteiger partial charge in [-0.15, -0.1) is 0 Å². The number of likely N-dealkylation sites (tertiary alicyclic amines) is 1. The van der Waals surface area contributed by atoms with Gasteiger partial charge in [-0.2, -0.15) is 0 Å². The summed E-state index contributed by atoms with van der Waals surface area (Å²) in [5.74, 6) is 1.52. The Morgan fingerprint density at radius 2 is 1.76 bits per heavy atom. The number of carbonyl (C=O) groups is 1. The number of hydrogen-bond acceptors (Lipinski definition) is 2. The smallest absolute Gasteiger partial charge is 0.246 e. The molecule has 0 unspecified atom stereocenters. The van der Waals surface area contributed by atoms with Crippen molar-refractivity contribution in [3.8, 4) is 5.75 Å². The summed E-state index contributed by atoms with van der Waals surface area (Å²) < 4.78 is 5.43. The van der Waals surface area contributed by atoms with Crippen molar-refractivity contribution in [3.05, 3.63) is 71.8 Å². The number of rotatable bonds is 5. The van der Waals surface area contributed by atoms with Crippen molar-refractivity contribution in [1.29, 1.82) is 0 Å². The van der Waals surface area contributed by atoms with Crippen LogP contribution in [0.25, 0.3) is 6.08 Å². The molecular weight excluding hydrogens is 310 g/mol. The maximum Gasteiger partial charge on any atom is 0.246 e. The standard InChI is InChI=1S/C22H25NO2/c1-2-25-21-11-8-18(9-12-21)10-13-22(24)23-16-14-20(15-17-23)19-6-4-3-5-7-19/h3-13,20H,2,14-17H2,1H3/b13-10+. The van der Waals surface area contributed by atoms with Crippen LogP contribution < -0.4 is 4.74 Å². The molecule has 0 atom stereocenters. The van der Waals surface area contributed by atoms with Crippen LogP contribution in [0.4, 0.5) is 0 Å². The summed E-state index contributed by atoms with van der Waals surface area (Å²) in [6.07, 6.45) is 5.62. The first-order valence-electron chi connectivity index (χ1n) is 9.01. The van der Waals surface area contributed by atoms with Crippen LogP contribution in [0.3, 0.4) is 0 Å². The van der Waals surface area contributed by atoms with E-state index in [0.717, 1.165) is 37.2 Å². The zero-order chi connectivity index (χ0) is 17.5. The first-order valence-corrected chi connectivity index (χ1v) is 9.01. The molecule has 1 saturated heterocycles. The number of amides is 1. The Morgan fingerprint density at radius 1 is 1.08 bits per heavy atom. The van der Waals surface area contributed by atoms with E-state index in [1.165, 1.54) is 5.56 Å². The lowest BCUT2D eigenvalue weighted by molar-refractivity contribution is -0.126. The topological polar surface area (TPSA) is 29.5 Å². The number of benzene rings is 2. The van der Waals surface area contributed by atoms with Gasteiger partial charge in [-0.25, -0.2) is 0 Å². The predicted octanol–water partition coefficient (Wildman–Crippen LogP) is 4.50. The van der Waals surface area contributed by atoms with Gasteiger partial charge in [0.25, 0.3) is 0 Å². The van der Waals surface area contributed by atoms with Gasteiger partial charge in [0.05, 0.1) is 6.61 Å². The Bertz CT molecular complexity index is 699. The molecule has 25 heavy (non-hydrogen) atoms. The van der Waals surface area contributed by atoms with Gasteiger partial charge in [0.2, 0.25) is 5.91 Å². The molecule has 0 spiro atoms. The highest BCUT2D eigenvalue weighted by Crippen LogP contribution is 2.27. The van der Waals surface area contributed by atoms with Crippen LogP contribution in [0.2, 0.25) is 0 Å². The van der Waals surface area contributed by atoms with E-state index in [4.69, 9.17) is 4.74 Å². The van der Waals surface area contributed by atoms with Crippen LogP contribution >= 0.6 is 0 Å². The van der Waals surface area contributed by atoms with E-state index in [0.29, 0.717) is 12.5 Å². The summed E-state index contributed by atoms with van der Waals surface area (Å²) in [6.45, 7) is 4.28. The largest absolute Gasteiger partial charge is 0.494 e. The van der Waals surface area contributed by atoms with E-state index in [9.17, 15) is 4.79 Å². The average molecular weight is 335 g/mol. The molecule has 1 fully saturated rings. The normalized spacial score (nSPS) is 15.5. The van der Waals surface area contributed by atoms with Crippen LogP contribution in [0, 0.1) is 0 Å². The van der Waals surface area contributed by atoms with Crippen molar-refractivity contribution in [1.82, 2.24) is 4.90 Å². The molecule has 0 N–H and O–H groups in total. The minimum atomic E-state index is 0.0976. The zero-order valence-electron chi connectivity index (χ0n) is 14.7. The molecule has 2 aromatic rings. The van der Waals surface area contributed by atoms with Crippen LogP contribution in [-0.2, 0) is 4.79 Å². The molecule has 1 aliphatic rings. The van der Waals surface area contributed by atoms with Crippen molar-refractivity contribution >= 4 is 12.0 Å². The Balaban J connectivity index is 1.52. The second-order valence-electron chi connectivity index (χ2n) is 6.35.